The lowest BCUT2D eigenvalue weighted by atomic mass is 10.2. The number of aromatic nitrogens is 1. The number of rotatable bonds is 9. The van der Waals surface area contributed by atoms with Gasteiger partial charge in [-0.3, -0.25) is 4.99 Å². The number of pyridine rings is 1. The van der Waals surface area contributed by atoms with Crippen molar-refractivity contribution in [1.29, 1.82) is 0 Å². The number of ether oxygens (including phenoxy) is 1. The van der Waals surface area contributed by atoms with Crippen LogP contribution < -0.4 is 15.5 Å². The van der Waals surface area contributed by atoms with Gasteiger partial charge >= 0.3 is 0 Å². The molecule has 158 valence electrons. The molecule has 1 aromatic heterocycles. The fourth-order valence-electron chi connectivity index (χ4n) is 3.33. The molecule has 2 fully saturated rings. The lowest BCUT2D eigenvalue weighted by Gasteiger charge is -2.21. The number of nitrogens with one attached hydrogen (secondary N) is 2. The van der Waals surface area contributed by atoms with Gasteiger partial charge in [-0.25, -0.2) is 4.98 Å². The van der Waals surface area contributed by atoms with Gasteiger partial charge in [0.2, 0.25) is 0 Å². The third kappa shape index (κ3) is 8.51. The van der Waals surface area contributed by atoms with E-state index in [2.05, 4.69) is 37.6 Å². The molecular formula is C21H36IN5O. The molecule has 0 bridgehead atoms. The van der Waals surface area contributed by atoms with Gasteiger partial charge in [0.25, 0.3) is 0 Å². The van der Waals surface area contributed by atoms with Crippen molar-refractivity contribution in [2.24, 2.45) is 10.9 Å². The average molecular weight is 501 g/mol. The Morgan fingerprint density at radius 3 is 2.61 bits per heavy atom. The van der Waals surface area contributed by atoms with Crippen LogP contribution in [0.25, 0.3) is 0 Å². The lowest BCUT2D eigenvalue weighted by molar-refractivity contribution is 0.123. The minimum atomic E-state index is 0. The normalized spacial score (nSPS) is 17.6. The number of halogens is 1. The minimum Gasteiger partial charge on any atom is -0.381 e. The van der Waals surface area contributed by atoms with Crippen LogP contribution >= 0.6 is 24.0 Å². The summed E-state index contributed by atoms with van der Waals surface area (Å²) < 4.78 is 5.66. The number of nitrogens with zero attached hydrogens (tertiary/aromatic N) is 3. The van der Waals surface area contributed by atoms with Gasteiger partial charge < -0.3 is 20.3 Å². The van der Waals surface area contributed by atoms with Crippen molar-refractivity contribution >= 4 is 35.8 Å². The Morgan fingerprint density at radius 2 is 1.96 bits per heavy atom. The van der Waals surface area contributed by atoms with Crippen LogP contribution in [0.5, 0.6) is 0 Å². The summed E-state index contributed by atoms with van der Waals surface area (Å²) in [4.78, 5) is 11.4. The fraction of sp³-hybridized carbons (Fsp3) is 0.714. The van der Waals surface area contributed by atoms with E-state index in [0.29, 0.717) is 0 Å². The molecule has 1 aromatic rings. The molecule has 0 spiro atoms. The third-order valence-electron chi connectivity index (χ3n) is 5.23. The Morgan fingerprint density at radius 1 is 1.18 bits per heavy atom. The number of hydrogen-bond acceptors (Lipinski definition) is 4. The molecule has 2 heterocycles. The highest BCUT2D eigenvalue weighted by molar-refractivity contribution is 14.0. The third-order valence-corrected chi connectivity index (χ3v) is 5.23. The van der Waals surface area contributed by atoms with Gasteiger partial charge in [-0.2, -0.15) is 0 Å². The maximum Gasteiger partial charge on any atom is 0.191 e. The van der Waals surface area contributed by atoms with E-state index in [1.165, 1.54) is 44.1 Å². The molecule has 6 nitrogen and oxygen atoms in total. The first kappa shape index (κ1) is 23.2. The van der Waals surface area contributed by atoms with Gasteiger partial charge in [0, 0.05) is 52.6 Å². The molecule has 0 unspecified atom stereocenters. The van der Waals surface area contributed by atoms with Crippen LogP contribution in [0.4, 0.5) is 5.82 Å². The quantitative estimate of drug-likeness (QED) is 0.235. The number of aliphatic imine (C=N–C) groups is 1. The van der Waals surface area contributed by atoms with Gasteiger partial charge in [0.15, 0.2) is 5.96 Å². The molecule has 1 aliphatic heterocycles. The largest absolute Gasteiger partial charge is 0.381 e. The molecule has 1 saturated carbocycles. The zero-order chi connectivity index (χ0) is 18.7. The van der Waals surface area contributed by atoms with E-state index in [-0.39, 0.29) is 24.0 Å². The van der Waals surface area contributed by atoms with E-state index in [4.69, 9.17) is 4.74 Å². The SMILES string of the molecule is CN=C(NCCCOCC1CC1)NCc1ccc(N2CCCCCC2)nc1.I. The van der Waals surface area contributed by atoms with Crippen molar-refractivity contribution < 1.29 is 4.74 Å². The summed E-state index contributed by atoms with van der Waals surface area (Å²) >= 11 is 0. The highest BCUT2D eigenvalue weighted by Gasteiger charge is 2.20. The second kappa shape index (κ2) is 13.2. The van der Waals surface area contributed by atoms with Crippen molar-refractivity contribution in [2.75, 3.05) is 44.8 Å². The average Bonchev–Trinajstić information content (AvgIpc) is 3.54. The summed E-state index contributed by atoms with van der Waals surface area (Å²) in [5.41, 5.74) is 1.17. The molecule has 2 N–H and O–H groups in total. The summed E-state index contributed by atoms with van der Waals surface area (Å²) in [5.74, 6) is 2.77. The second-order valence-electron chi connectivity index (χ2n) is 7.65. The molecule has 0 amide bonds. The highest BCUT2D eigenvalue weighted by atomic mass is 127. The van der Waals surface area contributed by atoms with Gasteiger partial charge in [-0.05, 0) is 49.7 Å². The van der Waals surface area contributed by atoms with E-state index >= 15 is 0 Å². The second-order valence-corrected chi connectivity index (χ2v) is 7.65. The number of anilines is 1. The number of hydrogen-bond donors (Lipinski definition) is 2. The van der Waals surface area contributed by atoms with Crippen molar-refractivity contribution in [2.45, 2.75) is 51.5 Å². The Balaban J connectivity index is 0.00000280. The fourth-order valence-corrected chi connectivity index (χ4v) is 3.33. The number of guanidine groups is 1. The maximum atomic E-state index is 5.66. The Kier molecular flexibility index (Phi) is 10.9. The smallest absolute Gasteiger partial charge is 0.191 e. The molecule has 1 saturated heterocycles. The van der Waals surface area contributed by atoms with Crippen LogP contribution in [0, 0.1) is 5.92 Å². The van der Waals surface area contributed by atoms with Crippen LogP contribution in [0.1, 0.15) is 50.5 Å². The van der Waals surface area contributed by atoms with E-state index in [1.807, 2.05) is 6.20 Å². The first-order valence-corrected chi connectivity index (χ1v) is 10.6. The molecule has 3 rings (SSSR count). The predicted octanol–water partition coefficient (Wildman–Crippen LogP) is 3.56. The van der Waals surface area contributed by atoms with Crippen LogP contribution in [-0.2, 0) is 11.3 Å². The standard InChI is InChI=1S/C21H35N5O.HI/c1-22-21(23-11-6-14-27-17-18-7-8-18)25-16-19-9-10-20(24-15-19)26-12-4-2-3-5-13-26;/h9-10,15,18H,2-8,11-14,16-17H2,1H3,(H2,22,23,25);1H. The minimum absolute atomic E-state index is 0. The molecule has 0 atom stereocenters. The van der Waals surface area contributed by atoms with E-state index in [1.54, 1.807) is 7.05 Å². The first-order valence-electron chi connectivity index (χ1n) is 10.6. The molecule has 28 heavy (non-hydrogen) atoms. The first-order chi connectivity index (χ1) is 13.3. The molecule has 7 heteroatoms. The summed E-state index contributed by atoms with van der Waals surface area (Å²) in [5, 5.41) is 6.70. The Hall–Kier alpha value is -1.09. The molecule has 2 aliphatic rings. The highest BCUT2D eigenvalue weighted by Crippen LogP contribution is 2.28. The zero-order valence-corrected chi connectivity index (χ0v) is 19.5. The van der Waals surface area contributed by atoms with E-state index in [9.17, 15) is 0 Å². The monoisotopic (exact) mass is 501 g/mol. The zero-order valence-electron chi connectivity index (χ0n) is 17.2. The van der Waals surface area contributed by atoms with Crippen LogP contribution in [0.2, 0.25) is 0 Å². The van der Waals surface area contributed by atoms with Crippen molar-refractivity contribution in [3.63, 3.8) is 0 Å². The van der Waals surface area contributed by atoms with Crippen LogP contribution in [0.15, 0.2) is 23.3 Å². The van der Waals surface area contributed by atoms with Gasteiger partial charge in [0.05, 0.1) is 0 Å². The van der Waals surface area contributed by atoms with Crippen molar-refractivity contribution in [3.05, 3.63) is 23.9 Å². The maximum absolute atomic E-state index is 5.66. The Labute approximate surface area is 186 Å². The summed E-state index contributed by atoms with van der Waals surface area (Å²) in [6.45, 7) is 5.62. The molecule has 0 radical (unpaired) electrons. The van der Waals surface area contributed by atoms with Crippen molar-refractivity contribution in [1.82, 2.24) is 15.6 Å². The van der Waals surface area contributed by atoms with Gasteiger partial charge in [0.1, 0.15) is 5.82 Å². The van der Waals surface area contributed by atoms with Crippen molar-refractivity contribution in [3.8, 4) is 0 Å². The lowest BCUT2D eigenvalue weighted by Crippen LogP contribution is -2.37. The Bertz CT molecular complexity index is 569. The molecule has 1 aliphatic carbocycles. The van der Waals surface area contributed by atoms with Crippen LogP contribution in [-0.4, -0.2) is 50.8 Å². The van der Waals surface area contributed by atoms with E-state index < -0.39 is 0 Å². The summed E-state index contributed by atoms with van der Waals surface area (Å²) in [6.07, 6.45) is 10.9. The summed E-state index contributed by atoms with van der Waals surface area (Å²) in [7, 11) is 1.81. The predicted molar refractivity (Wildman–Crippen MR) is 127 cm³/mol. The summed E-state index contributed by atoms with van der Waals surface area (Å²) in [6, 6.07) is 4.31. The van der Waals surface area contributed by atoms with Gasteiger partial charge in [-0.15, -0.1) is 24.0 Å². The topological polar surface area (TPSA) is 61.8 Å². The molecule has 0 aromatic carbocycles. The van der Waals surface area contributed by atoms with Crippen LogP contribution in [0.3, 0.4) is 0 Å². The van der Waals surface area contributed by atoms with Gasteiger partial charge in [-0.1, -0.05) is 18.9 Å². The van der Waals surface area contributed by atoms with E-state index in [0.717, 1.165) is 63.5 Å². The molecular weight excluding hydrogens is 465 g/mol.